The van der Waals surface area contributed by atoms with E-state index < -0.39 is 10.0 Å². The number of phenols is 1. The topological polar surface area (TPSA) is 57.6 Å². The highest BCUT2D eigenvalue weighted by Crippen LogP contribution is 2.34. The fourth-order valence-electron chi connectivity index (χ4n) is 2.01. The van der Waals surface area contributed by atoms with Crippen LogP contribution in [-0.4, -0.2) is 24.9 Å². The molecule has 1 atom stereocenters. The van der Waals surface area contributed by atoms with Gasteiger partial charge in [0.05, 0.1) is 8.68 Å². The first kappa shape index (κ1) is 16.5. The molecule has 114 valence electrons. The Hall–Kier alpha value is -0.890. The van der Waals surface area contributed by atoms with Crippen LogP contribution >= 0.6 is 27.3 Å². The quantitative estimate of drug-likeness (QED) is 0.861. The van der Waals surface area contributed by atoms with Crippen molar-refractivity contribution in [3.05, 3.63) is 44.6 Å². The second kappa shape index (κ2) is 6.08. The van der Waals surface area contributed by atoms with Gasteiger partial charge >= 0.3 is 0 Å². The summed E-state index contributed by atoms with van der Waals surface area (Å²) in [6, 6.07) is 7.87. The Kier molecular flexibility index (Phi) is 4.77. The Balaban J connectivity index is 2.36. The van der Waals surface area contributed by atoms with Gasteiger partial charge in [-0.15, -0.1) is 11.3 Å². The molecule has 0 bridgehead atoms. The van der Waals surface area contributed by atoms with Crippen molar-refractivity contribution in [3.8, 4) is 5.75 Å². The highest BCUT2D eigenvalue weighted by atomic mass is 79.9. The first-order chi connectivity index (χ1) is 9.73. The number of hydrogen-bond donors (Lipinski definition) is 1. The van der Waals surface area contributed by atoms with E-state index in [0.717, 1.165) is 14.2 Å². The lowest BCUT2D eigenvalue weighted by molar-refractivity contribution is 0.398. The van der Waals surface area contributed by atoms with E-state index >= 15 is 0 Å². The minimum Gasteiger partial charge on any atom is -0.508 e. The van der Waals surface area contributed by atoms with Gasteiger partial charge in [-0.1, -0.05) is 12.1 Å². The molecular formula is C14H16BrNO3S2. The molecule has 21 heavy (non-hydrogen) atoms. The van der Waals surface area contributed by atoms with Crippen molar-refractivity contribution in [3.63, 3.8) is 0 Å². The van der Waals surface area contributed by atoms with Gasteiger partial charge in [0.15, 0.2) is 0 Å². The van der Waals surface area contributed by atoms with Gasteiger partial charge in [-0.25, -0.2) is 8.42 Å². The molecule has 0 amide bonds. The number of aromatic hydroxyl groups is 1. The molecule has 1 aromatic heterocycles. The molecule has 1 unspecified atom stereocenters. The van der Waals surface area contributed by atoms with E-state index in [1.54, 1.807) is 44.3 Å². The summed E-state index contributed by atoms with van der Waals surface area (Å²) in [5.41, 5.74) is 0.825. The molecule has 1 heterocycles. The number of thiophene rings is 1. The molecule has 0 aliphatic carbocycles. The minimum absolute atomic E-state index is 0.161. The lowest BCUT2D eigenvalue weighted by Gasteiger charge is -2.24. The summed E-state index contributed by atoms with van der Waals surface area (Å²) >= 11 is 4.72. The Morgan fingerprint density at radius 3 is 2.33 bits per heavy atom. The van der Waals surface area contributed by atoms with Crippen LogP contribution in [0.25, 0.3) is 0 Å². The van der Waals surface area contributed by atoms with Crippen LogP contribution in [0.5, 0.6) is 5.75 Å². The number of benzene rings is 1. The number of aryl methyl sites for hydroxylation is 1. The van der Waals surface area contributed by atoms with Crippen molar-refractivity contribution >= 4 is 37.3 Å². The van der Waals surface area contributed by atoms with E-state index in [1.165, 1.54) is 15.6 Å². The molecule has 0 fully saturated rings. The zero-order chi connectivity index (χ0) is 15.8. The Morgan fingerprint density at radius 2 is 1.86 bits per heavy atom. The van der Waals surface area contributed by atoms with E-state index in [9.17, 15) is 13.5 Å². The molecule has 0 saturated carbocycles. The van der Waals surface area contributed by atoms with Crippen LogP contribution in [0.3, 0.4) is 0 Å². The summed E-state index contributed by atoms with van der Waals surface area (Å²) in [5, 5.41) is 9.32. The summed E-state index contributed by atoms with van der Waals surface area (Å²) in [4.78, 5) is 1.08. The average molecular weight is 390 g/mol. The summed E-state index contributed by atoms with van der Waals surface area (Å²) in [6.07, 6.45) is 0. The maximum atomic E-state index is 12.7. The number of rotatable bonds is 4. The second-order valence-electron chi connectivity index (χ2n) is 4.76. The van der Waals surface area contributed by atoms with Crippen molar-refractivity contribution in [2.75, 3.05) is 7.05 Å². The van der Waals surface area contributed by atoms with E-state index in [4.69, 9.17) is 0 Å². The molecule has 1 N–H and O–H groups in total. The van der Waals surface area contributed by atoms with Crippen LogP contribution in [-0.2, 0) is 10.0 Å². The van der Waals surface area contributed by atoms with Gasteiger partial charge in [0.25, 0.3) is 0 Å². The van der Waals surface area contributed by atoms with Gasteiger partial charge in [0.1, 0.15) is 5.75 Å². The summed E-state index contributed by atoms with van der Waals surface area (Å²) in [7, 11) is -1.99. The lowest BCUT2D eigenvalue weighted by atomic mass is 10.1. The van der Waals surface area contributed by atoms with Crippen LogP contribution in [0.4, 0.5) is 0 Å². The zero-order valence-electron chi connectivity index (χ0n) is 11.9. The summed E-state index contributed by atoms with van der Waals surface area (Å²) in [6.45, 7) is 3.61. The summed E-state index contributed by atoms with van der Waals surface area (Å²) in [5.74, 6) is 0.161. The normalized spacial score (nSPS) is 13.6. The van der Waals surface area contributed by atoms with Gasteiger partial charge in [-0.05, 0) is 53.5 Å². The van der Waals surface area contributed by atoms with Crippen molar-refractivity contribution < 1.29 is 13.5 Å². The molecule has 0 aliphatic heterocycles. The van der Waals surface area contributed by atoms with Crippen molar-refractivity contribution in [2.24, 2.45) is 0 Å². The molecular weight excluding hydrogens is 374 g/mol. The molecule has 1 aromatic carbocycles. The van der Waals surface area contributed by atoms with E-state index in [-0.39, 0.29) is 11.8 Å². The zero-order valence-corrected chi connectivity index (χ0v) is 15.1. The molecule has 0 radical (unpaired) electrons. The molecule has 2 rings (SSSR count). The largest absolute Gasteiger partial charge is 0.508 e. The third-order valence-electron chi connectivity index (χ3n) is 3.42. The predicted octanol–water partition coefficient (Wildman–Crippen LogP) is 3.91. The van der Waals surface area contributed by atoms with Crippen LogP contribution in [0.2, 0.25) is 0 Å². The summed E-state index contributed by atoms with van der Waals surface area (Å²) < 4.78 is 27.6. The average Bonchev–Trinajstić information content (AvgIpc) is 2.77. The first-order valence-corrected chi connectivity index (χ1v) is 9.31. The first-order valence-electron chi connectivity index (χ1n) is 6.26. The molecule has 7 heteroatoms. The fourth-order valence-corrected chi connectivity index (χ4v) is 5.74. The van der Waals surface area contributed by atoms with Gasteiger partial charge < -0.3 is 5.11 Å². The third kappa shape index (κ3) is 3.31. The Morgan fingerprint density at radius 1 is 1.29 bits per heavy atom. The third-order valence-corrected chi connectivity index (χ3v) is 7.16. The highest BCUT2D eigenvalue weighted by Gasteiger charge is 2.28. The molecule has 0 aliphatic rings. The second-order valence-corrected chi connectivity index (χ2v) is 9.36. The van der Waals surface area contributed by atoms with Gasteiger partial charge in [-0.2, -0.15) is 4.31 Å². The molecule has 0 saturated heterocycles. The predicted molar refractivity (Wildman–Crippen MR) is 88.2 cm³/mol. The number of halogens is 1. The van der Waals surface area contributed by atoms with Crippen LogP contribution in [0.15, 0.2) is 39.0 Å². The van der Waals surface area contributed by atoms with Gasteiger partial charge in [0.2, 0.25) is 10.0 Å². The molecule has 2 aromatic rings. The minimum atomic E-state index is -3.56. The van der Waals surface area contributed by atoms with E-state index in [1.807, 2.05) is 6.92 Å². The number of sulfonamides is 1. The van der Waals surface area contributed by atoms with Gasteiger partial charge in [0, 0.05) is 18.0 Å². The van der Waals surface area contributed by atoms with Gasteiger partial charge in [-0.3, -0.25) is 0 Å². The van der Waals surface area contributed by atoms with Crippen LogP contribution in [0.1, 0.15) is 23.4 Å². The van der Waals surface area contributed by atoms with Crippen LogP contribution in [0, 0.1) is 6.92 Å². The van der Waals surface area contributed by atoms with E-state index in [0.29, 0.717) is 4.90 Å². The Bertz CT molecular complexity index is 738. The fraction of sp³-hybridized carbons (Fsp3) is 0.286. The number of phenolic OH excluding ortho intramolecular Hbond substituents is 1. The SMILES string of the molecule is Cc1sc(Br)cc1S(=O)(=O)N(C)C(C)c1ccc(O)cc1. The standard InChI is InChI=1S/C14H16BrNO3S2/c1-9(11-4-6-12(17)7-5-11)16(3)21(18,19)13-8-14(15)20-10(13)2/h4-9,17H,1-3H3. The maximum Gasteiger partial charge on any atom is 0.244 e. The number of hydrogen-bond acceptors (Lipinski definition) is 4. The monoisotopic (exact) mass is 389 g/mol. The maximum absolute atomic E-state index is 12.7. The van der Waals surface area contributed by atoms with Crippen LogP contribution < -0.4 is 0 Å². The van der Waals surface area contributed by atoms with Crippen molar-refractivity contribution in [1.29, 1.82) is 0 Å². The van der Waals surface area contributed by atoms with E-state index in [2.05, 4.69) is 15.9 Å². The van der Waals surface area contributed by atoms with Crippen molar-refractivity contribution in [2.45, 2.75) is 24.8 Å². The molecule has 4 nitrogen and oxygen atoms in total. The molecule has 0 spiro atoms. The smallest absolute Gasteiger partial charge is 0.244 e. The van der Waals surface area contributed by atoms with Crippen molar-refractivity contribution in [1.82, 2.24) is 4.31 Å². The highest BCUT2D eigenvalue weighted by molar-refractivity contribution is 9.11. The lowest BCUT2D eigenvalue weighted by Crippen LogP contribution is -2.29. The number of nitrogens with zero attached hydrogens (tertiary/aromatic N) is 1. The Labute approximate surface area is 137 Å².